The molecule has 1 aliphatic heterocycles. The van der Waals surface area contributed by atoms with E-state index in [1.807, 2.05) is 5.32 Å². The first-order valence-corrected chi connectivity index (χ1v) is 2.22. The molecule has 0 atom stereocenters. The molecule has 0 saturated heterocycles. The van der Waals surface area contributed by atoms with Crippen molar-refractivity contribution >= 4 is 0 Å². The SMILES string of the molecule is F[C]1C=C(F)NC=C1F. The molecule has 0 spiro atoms. The third-order valence-electron chi connectivity index (χ3n) is 0.818. The Kier molecular flexibility index (Phi) is 1.46. The summed E-state index contributed by atoms with van der Waals surface area (Å²) in [6.45, 7) is 0. The highest BCUT2D eigenvalue weighted by Gasteiger charge is 2.16. The lowest BCUT2D eigenvalue weighted by molar-refractivity contribution is 0.452. The average Bonchev–Trinajstić information content (AvgIpc) is 1.80. The zero-order chi connectivity index (χ0) is 6.85. The molecule has 9 heavy (non-hydrogen) atoms. The van der Waals surface area contributed by atoms with Gasteiger partial charge >= 0.3 is 0 Å². The van der Waals surface area contributed by atoms with Crippen molar-refractivity contribution in [2.45, 2.75) is 0 Å². The lowest BCUT2D eigenvalue weighted by Crippen LogP contribution is -2.08. The van der Waals surface area contributed by atoms with Gasteiger partial charge in [0.25, 0.3) is 0 Å². The molecule has 0 aliphatic carbocycles. The van der Waals surface area contributed by atoms with E-state index in [4.69, 9.17) is 0 Å². The van der Waals surface area contributed by atoms with Crippen molar-refractivity contribution in [2.75, 3.05) is 0 Å². The molecule has 1 radical (unpaired) electrons. The number of hydrogen-bond donors (Lipinski definition) is 1. The van der Waals surface area contributed by atoms with Gasteiger partial charge in [-0.3, -0.25) is 0 Å². The second-order valence-electron chi connectivity index (χ2n) is 1.48. The number of allylic oxidation sites excluding steroid dienone is 2. The Bertz CT molecular complexity index is 173. The van der Waals surface area contributed by atoms with Gasteiger partial charge in [0.1, 0.15) is 0 Å². The van der Waals surface area contributed by atoms with Crippen LogP contribution in [-0.2, 0) is 0 Å². The van der Waals surface area contributed by atoms with Crippen LogP contribution in [0.3, 0.4) is 0 Å². The van der Waals surface area contributed by atoms with E-state index in [9.17, 15) is 13.2 Å². The normalized spacial score (nSPS) is 20.3. The van der Waals surface area contributed by atoms with Crippen LogP contribution in [-0.4, -0.2) is 0 Å². The molecule has 49 valence electrons. The standard InChI is InChI=1S/C5H3F3N/c6-3-1-5(8)9-2-4(3)7/h1-2,9H. The molecular formula is C5H3F3N. The summed E-state index contributed by atoms with van der Waals surface area (Å²) in [5.41, 5.74) is 0. The van der Waals surface area contributed by atoms with E-state index in [1.165, 1.54) is 0 Å². The van der Waals surface area contributed by atoms with Crippen LogP contribution >= 0.6 is 0 Å². The van der Waals surface area contributed by atoms with E-state index < -0.39 is 17.9 Å². The number of dihydropyridines is 1. The first kappa shape index (κ1) is 6.19. The molecule has 1 nitrogen and oxygen atoms in total. The fraction of sp³-hybridized carbons (Fsp3) is 0. The van der Waals surface area contributed by atoms with E-state index in [1.54, 1.807) is 0 Å². The second-order valence-corrected chi connectivity index (χ2v) is 1.48. The zero-order valence-electron chi connectivity index (χ0n) is 4.29. The number of hydrogen-bond acceptors (Lipinski definition) is 1. The molecule has 0 amide bonds. The summed E-state index contributed by atoms with van der Waals surface area (Å²) >= 11 is 0. The highest BCUT2D eigenvalue weighted by Crippen LogP contribution is 2.22. The minimum Gasteiger partial charge on any atom is -0.336 e. The molecule has 0 bridgehead atoms. The molecule has 0 aromatic carbocycles. The maximum atomic E-state index is 11.9. The molecule has 0 aromatic heterocycles. The predicted molar refractivity (Wildman–Crippen MR) is 25.9 cm³/mol. The summed E-state index contributed by atoms with van der Waals surface area (Å²) in [7, 11) is 0. The minimum atomic E-state index is -1.19. The molecule has 1 heterocycles. The Balaban J connectivity index is 2.70. The summed E-state index contributed by atoms with van der Waals surface area (Å²) in [6.07, 6.45) is -0.133. The summed E-state index contributed by atoms with van der Waals surface area (Å²) in [5.74, 6) is -1.98. The Morgan fingerprint density at radius 3 is 2.33 bits per heavy atom. The highest BCUT2D eigenvalue weighted by molar-refractivity contribution is 5.27. The van der Waals surface area contributed by atoms with Gasteiger partial charge in [-0.2, -0.15) is 4.39 Å². The van der Waals surface area contributed by atoms with Crippen LogP contribution in [0.5, 0.6) is 0 Å². The lowest BCUT2D eigenvalue weighted by Gasteiger charge is -2.05. The Morgan fingerprint density at radius 2 is 1.89 bits per heavy atom. The van der Waals surface area contributed by atoms with Gasteiger partial charge in [-0.25, -0.2) is 8.78 Å². The Hall–Kier alpha value is -0.930. The smallest absolute Gasteiger partial charge is 0.230 e. The maximum Gasteiger partial charge on any atom is 0.230 e. The van der Waals surface area contributed by atoms with Gasteiger partial charge in [-0.1, -0.05) is 0 Å². The van der Waals surface area contributed by atoms with Crippen LogP contribution in [0.25, 0.3) is 0 Å². The van der Waals surface area contributed by atoms with Gasteiger partial charge in [0.05, 0.1) is 0 Å². The van der Waals surface area contributed by atoms with Crippen LogP contribution < -0.4 is 5.32 Å². The second kappa shape index (κ2) is 2.13. The van der Waals surface area contributed by atoms with Gasteiger partial charge in [-0.15, -0.1) is 0 Å². The first-order valence-electron chi connectivity index (χ1n) is 2.22. The van der Waals surface area contributed by atoms with Crippen LogP contribution in [0, 0.1) is 6.17 Å². The molecule has 0 unspecified atom stereocenters. The van der Waals surface area contributed by atoms with Gasteiger partial charge < -0.3 is 5.32 Å². The molecule has 0 fully saturated rings. The Labute approximate surface area is 49.9 Å². The van der Waals surface area contributed by atoms with E-state index in [2.05, 4.69) is 0 Å². The van der Waals surface area contributed by atoms with Crippen molar-refractivity contribution in [3.63, 3.8) is 0 Å². The molecular weight excluding hydrogens is 131 g/mol. The van der Waals surface area contributed by atoms with Crippen molar-refractivity contribution in [3.05, 3.63) is 30.2 Å². The van der Waals surface area contributed by atoms with Crippen molar-refractivity contribution in [3.8, 4) is 0 Å². The van der Waals surface area contributed by atoms with Crippen molar-refractivity contribution < 1.29 is 13.2 Å². The van der Waals surface area contributed by atoms with E-state index >= 15 is 0 Å². The van der Waals surface area contributed by atoms with Crippen molar-refractivity contribution in [1.82, 2.24) is 5.32 Å². The Morgan fingerprint density at radius 1 is 1.22 bits per heavy atom. The first-order chi connectivity index (χ1) is 4.20. The number of rotatable bonds is 0. The zero-order valence-corrected chi connectivity index (χ0v) is 4.29. The summed E-state index contributed by atoms with van der Waals surface area (Å²) in [5, 5.41) is 1.86. The fourth-order valence-corrected chi connectivity index (χ4v) is 0.423. The largest absolute Gasteiger partial charge is 0.336 e. The van der Waals surface area contributed by atoms with Crippen LogP contribution in [0.15, 0.2) is 24.1 Å². The van der Waals surface area contributed by atoms with Gasteiger partial charge in [-0.05, 0) is 0 Å². The van der Waals surface area contributed by atoms with E-state index in [-0.39, 0.29) is 0 Å². The average molecular weight is 134 g/mol. The van der Waals surface area contributed by atoms with E-state index in [0.29, 0.717) is 12.3 Å². The lowest BCUT2D eigenvalue weighted by atomic mass is 10.3. The van der Waals surface area contributed by atoms with Crippen molar-refractivity contribution in [1.29, 1.82) is 0 Å². The molecule has 1 aliphatic rings. The maximum absolute atomic E-state index is 11.9. The summed E-state index contributed by atoms with van der Waals surface area (Å²) < 4.78 is 35.8. The highest BCUT2D eigenvalue weighted by atomic mass is 19.2. The van der Waals surface area contributed by atoms with Gasteiger partial charge in [0.15, 0.2) is 11.8 Å². The van der Waals surface area contributed by atoms with Gasteiger partial charge in [0.2, 0.25) is 6.17 Å². The molecule has 1 rings (SSSR count). The number of nitrogens with one attached hydrogen (secondary N) is 1. The van der Waals surface area contributed by atoms with Crippen LogP contribution in [0.1, 0.15) is 0 Å². The molecule has 0 saturated carbocycles. The van der Waals surface area contributed by atoms with Crippen molar-refractivity contribution in [2.24, 2.45) is 0 Å². The predicted octanol–water partition coefficient (Wildman–Crippen LogP) is 1.71. The number of halogens is 3. The minimum absolute atomic E-state index is 0.440. The van der Waals surface area contributed by atoms with Gasteiger partial charge in [0, 0.05) is 12.3 Å². The van der Waals surface area contributed by atoms with E-state index in [0.717, 1.165) is 0 Å². The molecule has 0 aromatic rings. The fourth-order valence-electron chi connectivity index (χ4n) is 0.423. The molecule has 1 N–H and O–H groups in total. The molecule has 4 heteroatoms. The summed E-state index contributed by atoms with van der Waals surface area (Å²) in [6, 6.07) is 0. The monoisotopic (exact) mass is 134 g/mol. The third kappa shape index (κ3) is 1.25. The summed E-state index contributed by atoms with van der Waals surface area (Å²) in [4.78, 5) is 0. The van der Waals surface area contributed by atoms with Crippen LogP contribution in [0.4, 0.5) is 13.2 Å². The van der Waals surface area contributed by atoms with Crippen LogP contribution in [0.2, 0.25) is 0 Å². The third-order valence-corrected chi connectivity index (χ3v) is 0.818. The topological polar surface area (TPSA) is 12.0 Å². The quantitative estimate of drug-likeness (QED) is 0.497.